The van der Waals surface area contributed by atoms with Crippen LogP contribution in [0.2, 0.25) is 0 Å². The van der Waals surface area contributed by atoms with E-state index in [0.717, 1.165) is 17.1 Å². The fourth-order valence-electron chi connectivity index (χ4n) is 2.06. The predicted molar refractivity (Wildman–Crippen MR) is 69.4 cm³/mol. The molecule has 0 saturated carbocycles. The SMILES string of the molecule is NCc1ncc(-c2cccc3ccccc23)[nH]1. The third-order valence-electron chi connectivity index (χ3n) is 2.90. The van der Waals surface area contributed by atoms with Crippen molar-refractivity contribution in [3.63, 3.8) is 0 Å². The van der Waals surface area contributed by atoms with Crippen molar-refractivity contribution in [2.24, 2.45) is 5.73 Å². The Labute approximate surface area is 99.3 Å². The third-order valence-corrected chi connectivity index (χ3v) is 2.90. The quantitative estimate of drug-likeness (QED) is 0.701. The van der Waals surface area contributed by atoms with Crippen molar-refractivity contribution in [1.29, 1.82) is 0 Å². The van der Waals surface area contributed by atoms with E-state index in [1.54, 1.807) is 0 Å². The van der Waals surface area contributed by atoms with Crippen LogP contribution in [0.15, 0.2) is 48.7 Å². The van der Waals surface area contributed by atoms with Crippen molar-refractivity contribution < 1.29 is 0 Å². The standard InChI is InChI=1S/C14H13N3/c15-8-14-16-9-13(17-14)12-7-3-5-10-4-1-2-6-11(10)12/h1-7,9H,8,15H2,(H,16,17). The topological polar surface area (TPSA) is 54.7 Å². The number of aromatic amines is 1. The molecular formula is C14H13N3. The van der Waals surface area contributed by atoms with Crippen molar-refractivity contribution in [2.75, 3.05) is 0 Å². The van der Waals surface area contributed by atoms with Crippen molar-refractivity contribution in [3.05, 3.63) is 54.5 Å². The van der Waals surface area contributed by atoms with Gasteiger partial charge in [-0.15, -0.1) is 0 Å². The Kier molecular flexibility index (Phi) is 2.38. The lowest BCUT2D eigenvalue weighted by Gasteiger charge is -2.03. The second kappa shape index (κ2) is 4.03. The summed E-state index contributed by atoms with van der Waals surface area (Å²) in [7, 11) is 0. The highest BCUT2D eigenvalue weighted by Gasteiger charge is 2.05. The second-order valence-electron chi connectivity index (χ2n) is 3.97. The zero-order chi connectivity index (χ0) is 11.7. The van der Waals surface area contributed by atoms with Gasteiger partial charge < -0.3 is 10.7 Å². The van der Waals surface area contributed by atoms with Crippen molar-refractivity contribution in [2.45, 2.75) is 6.54 Å². The van der Waals surface area contributed by atoms with Gasteiger partial charge >= 0.3 is 0 Å². The largest absolute Gasteiger partial charge is 0.341 e. The van der Waals surface area contributed by atoms with Gasteiger partial charge in [0.1, 0.15) is 5.82 Å². The number of rotatable bonds is 2. The van der Waals surface area contributed by atoms with E-state index in [2.05, 4.69) is 40.3 Å². The van der Waals surface area contributed by atoms with Gasteiger partial charge in [0.05, 0.1) is 18.4 Å². The highest BCUT2D eigenvalue weighted by molar-refractivity contribution is 5.95. The number of hydrogen-bond acceptors (Lipinski definition) is 2. The van der Waals surface area contributed by atoms with Gasteiger partial charge in [0, 0.05) is 5.56 Å². The molecule has 0 aliphatic rings. The van der Waals surface area contributed by atoms with Crippen LogP contribution >= 0.6 is 0 Å². The highest BCUT2D eigenvalue weighted by Crippen LogP contribution is 2.26. The summed E-state index contributed by atoms with van der Waals surface area (Å²) in [6.45, 7) is 0.435. The predicted octanol–water partition coefficient (Wildman–Crippen LogP) is 2.69. The lowest BCUT2D eigenvalue weighted by molar-refractivity contribution is 0.951. The lowest BCUT2D eigenvalue weighted by atomic mass is 10.0. The minimum atomic E-state index is 0.435. The highest BCUT2D eigenvalue weighted by atomic mass is 14.9. The van der Waals surface area contributed by atoms with E-state index in [1.165, 1.54) is 10.8 Å². The molecule has 0 aliphatic carbocycles. The molecule has 0 saturated heterocycles. The number of benzene rings is 2. The first-order valence-corrected chi connectivity index (χ1v) is 5.60. The van der Waals surface area contributed by atoms with Crippen molar-refractivity contribution >= 4 is 10.8 Å². The molecule has 2 aromatic carbocycles. The monoisotopic (exact) mass is 223 g/mol. The van der Waals surface area contributed by atoms with Crippen LogP contribution in [0.25, 0.3) is 22.0 Å². The molecule has 3 rings (SSSR count). The van der Waals surface area contributed by atoms with Crippen molar-refractivity contribution in [1.82, 2.24) is 9.97 Å². The molecule has 17 heavy (non-hydrogen) atoms. The summed E-state index contributed by atoms with van der Waals surface area (Å²) in [6.07, 6.45) is 1.84. The minimum absolute atomic E-state index is 0.435. The van der Waals surface area contributed by atoms with Gasteiger partial charge in [0.2, 0.25) is 0 Å². The summed E-state index contributed by atoms with van der Waals surface area (Å²) in [5.41, 5.74) is 7.74. The number of nitrogens with one attached hydrogen (secondary N) is 1. The summed E-state index contributed by atoms with van der Waals surface area (Å²) in [4.78, 5) is 7.47. The van der Waals surface area contributed by atoms with Gasteiger partial charge in [0.15, 0.2) is 0 Å². The maximum Gasteiger partial charge on any atom is 0.120 e. The molecule has 0 unspecified atom stereocenters. The van der Waals surface area contributed by atoms with E-state index < -0.39 is 0 Å². The molecule has 84 valence electrons. The van der Waals surface area contributed by atoms with Gasteiger partial charge in [-0.2, -0.15) is 0 Å². The first kappa shape index (κ1) is 10.1. The Morgan fingerprint density at radius 3 is 2.71 bits per heavy atom. The smallest absolute Gasteiger partial charge is 0.120 e. The molecule has 1 aromatic heterocycles. The number of aromatic nitrogens is 2. The molecule has 0 radical (unpaired) electrons. The van der Waals surface area contributed by atoms with Crippen molar-refractivity contribution in [3.8, 4) is 11.3 Å². The number of fused-ring (bicyclic) bond motifs is 1. The number of hydrogen-bond donors (Lipinski definition) is 2. The molecular weight excluding hydrogens is 210 g/mol. The van der Waals surface area contributed by atoms with E-state index in [-0.39, 0.29) is 0 Å². The van der Waals surface area contributed by atoms with Crippen LogP contribution in [0, 0.1) is 0 Å². The fraction of sp³-hybridized carbons (Fsp3) is 0.0714. The minimum Gasteiger partial charge on any atom is -0.341 e. The van der Waals surface area contributed by atoms with Gasteiger partial charge in [-0.3, -0.25) is 0 Å². The molecule has 0 amide bonds. The van der Waals surface area contributed by atoms with Crippen LogP contribution in [-0.2, 0) is 6.54 Å². The van der Waals surface area contributed by atoms with Crippen LogP contribution in [0.4, 0.5) is 0 Å². The van der Waals surface area contributed by atoms with E-state index in [4.69, 9.17) is 5.73 Å². The van der Waals surface area contributed by atoms with Crippen LogP contribution in [0.3, 0.4) is 0 Å². The average Bonchev–Trinajstić information content (AvgIpc) is 2.87. The Morgan fingerprint density at radius 2 is 1.88 bits per heavy atom. The molecule has 3 nitrogen and oxygen atoms in total. The lowest BCUT2D eigenvalue weighted by Crippen LogP contribution is -1.97. The molecule has 3 aromatic rings. The van der Waals surface area contributed by atoms with Gasteiger partial charge in [-0.25, -0.2) is 4.98 Å². The summed E-state index contributed by atoms with van der Waals surface area (Å²) in [5.74, 6) is 0.813. The zero-order valence-electron chi connectivity index (χ0n) is 9.35. The number of nitrogens with zero attached hydrogens (tertiary/aromatic N) is 1. The Bertz CT molecular complexity index is 650. The molecule has 1 heterocycles. The fourth-order valence-corrected chi connectivity index (χ4v) is 2.06. The molecule has 0 aliphatic heterocycles. The molecule has 0 bridgehead atoms. The van der Waals surface area contributed by atoms with E-state index in [9.17, 15) is 0 Å². The normalized spacial score (nSPS) is 10.9. The zero-order valence-corrected chi connectivity index (χ0v) is 9.35. The van der Waals surface area contributed by atoms with Crippen LogP contribution in [-0.4, -0.2) is 9.97 Å². The molecule has 3 heteroatoms. The first-order valence-electron chi connectivity index (χ1n) is 5.60. The van der Waals surface area contributed by atoms with Crippen LogP contribution in [0.1, 0.15) is 5.82 Å². The number of imidazole rings is 1. The second-order valence-corrected chi connectivity index (χ2v) is 3.97. The average molecular weight is 223 g/mol. The van der Waals surface area contributed by atoms with E-state index in [1.807, 2.05) is 18.3 Å². The van der Waals surface area contributed by atoms with Crippen LogP contribution in [0.5, 0.6) is 0 Å². The number of H-pyrrole nitrogens is 1. The van der Waals surface area contributed by atoms with E-state index >= 15 is 0 Å². The molecule has 3 N–H and O–H groups in total. The summed E-state index contributed by atoms with van der Waals surface area (Å²) in [6, 6.07) is 14.6. The summed E-state index contributed by atoms with van der Waals surface area (Å²) in [5, 5.41) is 2.45. The van der Waals surface area contributed by atoms with Gasteiger partial charge in [-0.1, -0.05) is 42.5 Å². The maximum atomic E-state index is 5.56. The third kappa shape index (κ3) is 1.70. The molecule has 0 fully saturated rings. The van der Waals surface area contributed by atoms with Gasteiger partial charge in [0.25, 0.3) is 0 Å². The first-order chi connectivity index (χ1) is 8.38. The Hall–Kier alpha value is -2.13. The molecule has 0 spiro atoms. The number of nitrogens with two attached hydrogens (primary N) is 1. The van der Waals surface area contributed by atoms with E-state index in [0.29, 0.717) is 6.54 Å². The summed E-state index contributed by atoms with van der Waals surface area (Å²) >= 11 is 0. The molecule has 0 atom stereocenters. The maximum absolute atomic E-state index is 5.56. The summed E-state index contributed by atoms with van der Waals surface area (Å²) < 4.78 is 0. The Balaban J connectivity index is 2.23. The van der Waals surface area contributed by atoms with Crippen LogP contribution < -0.4 is 5.73 Å². The Morgan fingerprint density at radius 1 is 1.06 bits per heavy atom. The van der Waals surface area contributed by atoms with Gasteiger partial charge in [-0.05, 0) is 10.8 Å².